The Morgan fingerprint density at radius 2 is 2.19 bits per heavy atom. The first-order chi connectivity index (χ1) is 12.8. The quantitative estimate of drug-likeness (QED) is 0.733. The summed E-state index contributed by atoms with van der Waals surface area (Å²) in [6.07, 6.45) is 5.94. The minimum absolute atomic E-state index is 0.222. The molecule has 0 amide bonds. The number of benzene rings is 1. The molecule has 26 heavy (non-hydrogen) atoms. The topological polar surface area (TPSA) is 69.2 Å². The van der Waals surface area contributed by atoms with E-state index in [0.29, 0.717) is 23.1 Å². The molecule has 1 saturated heterocycles. The predicted molar refractivity (Wildman–Crippen MR) is 102 cm³/mol. The van der Waals surface area contributed by atoms with Crippen LogP contribution >= 0.6 is 11.6 Å². The minimum atomic E-state index is 0.222. The van der Waals surface area contributed by atoms with Gasteiger partial charge in [0.15, 0.2) is 5.82 Å². The zero-order valence-corrected chi connectivity index (χ0v) is 15.2. The summed E-state index contributed by atoms with van der Waals surface area (Å²) >= 11 is 6.08. The SMILES string of the molecule is COc1cc(Cl)ccc1-c1nnc(NCC2CCCO2)c2cnccc12. The zero-order chi connectivity index (χ0) is 17.9. The van der Waals surface area contributed by atoms with Gasteiger partial charge in [0.1, 0.15) is 11.4 Å². The minimum Gasteiger partial charge on any atom is -0.496 e. The van der Waals surface area contributed by atoms with E-state index in [4.69, 9.17) is 21.1 Å². The van der Waals surface area contributed by atoms with Crippen LogP contribution < -0.4 is 10.1 Å². The van der Waals surface area contributed by atoms with Gasteiger partial charge in [-0.1, -0.05) is 11.6 Å². The third kappa shape index (κ3) is 3.30. The normalized spacial score (nSPS) is 16.8. The summed E-state index contributed by atoms with van der Waals surface area (Å²) in [4.78, 5) is 4.25. The van der Waals surface area contributed by atoms with Gasteiger partial charge in [0, 0.05) is 46.9 Å². The summed E-state index contributed by atoms with van der Waals surface area (Å²) in [6.45, 7) is 1.54. The highest BCUT2D eigenvalue weighted by Gasteiger charge is 2.18. The molecule has 1 aromatic carbocycles. The van der Waals surface area contributed by atoms with Crippen LogP contribution in [0.3, 0.4) is 0 Å². The van der Waals surface area contributed by atoms with Crippen LogP contribution in [0.25, 0.3) is 22.0 Å². The lowest BCUT2D eigenvalue weighted by Crippen LogP contribution is -2.19. The Balaban J connectivity index is 1.74. The number of hydrogen-bond donors (Lipinski definition) is 1. The second kappa shape index (κ2) is 7.43. The van der Waals surface area contributed by atoms with Gasteiger partial charge in [0.25, 0.3) is 0 Å². The Labute approximate surface area is 156 Å². The molecule has 134 valence electrons. The van der Waals surface area contributed by atoms with E-state index < -0.39 is 0 Å². The zero-order valence-electron chi connectivity index (χ0n) is 14.4. The molecule has 3 aromatic rings. The molecule has 1 aliphatic heterocycles. The van der Waals surface area contributed by atoms with E-state index in [2.05, 4.69) is 20.5 Å². The van der Waals surface area contributed by atoms with Gasteiger partial charge in [0.2, 0.25) is 0 Å². The summed E-state index contributed by atoms with van der Waals surface area (Å²) in [5, 5.41) is 14.7. The van der Waals surface area contributed by atoms with E-state index in [1.807, 2.05) is 18.2 Å². The van der Waals surface area contributed by atoms with Gasteiger partial charge < -0.3 is 14.8 Å². The average Bonchev–Trinajstić information content (AvgIpc) is 3.20. The second-order valence-corrected chi connectivity index (χ2v) is 6.62. The molecular formula is C19H19ClN4O2. The number of fused-ring (bicyclic) bond motifs is 1. The van der Waals surface area contributed by atoms with Crippen LogP contribution in [0, 0.1) is 0 Å². The maximum Gasteiger partial charge on any atom is 0.158 e. The summed E-state index contributed by atoms with van der Waals surface area (Å²) < 4.78 is 11.1. The largest absolute Gasteiger partial charge is 0.496 e. The van der Waals surface area contributed by atoms with Gasteiger partial charge in [0.05, 0.1) is 13.2 Å². The monoisotopic (exact) mass is 370 g/mol. The van der Waals surface area contributed by atoms with Crippen molar-refractivity contribution in [1.82, 2.24) is 15.2 Å². The van der Waals surface area contributed by atoms with Crippen LogP contribution in [0.15, 0.2) is 36.7 Å². The fourth-order valence-corrected chi connectivity index (χ4v) is 3.37. The van der Waals surface area contributed by atoms with E-state index in [1.54, 1.807) is 25.6 Å². The first kappa shape index (κ1) is 17.0. The Kier molecular flexibility index (Phi) is 4.86. The molecule has 0 saturated carbocycles. The van der Waals surface area contributed by atoms with Crippen molar-refractivity contribution in [3.05, 3.63) is 41.7 Å². The lowest BCUT2D eigenvalue weighted by atomic mass is 10.1. The molecule has 1 fully saturated rings. The van der Waals surface area contributed by atoms with Gasteiger partial charge in [-0.15, -0.1) is 10.2 Å². The van der Waals surface area contributed by atoms with Gasteiger partial charge in [-0.05, 0) is 37.1 Å². The van der Waals surface area contributed by atoms with E-state index in [9.17, 15) is 0 Å². The van der Waals surface area contributed by atoms with Crippen LogP contribution in [0.5, 0.6) is 5.75 Å². The van der Waals surface area contributed by atoms with Gasteiger partial charge in [-0.25, -0.2) is 0 Å². The highest BCUT2D eigenvalue weighted by atomic mass is 35.5. The Morgan fingerprint density at radius 3 is 3.00 bits per heavy atom. The Morgan fingerprint density at radius 1 is 1.27 bits per heavy atom. The number of aromatic nitrogens is 3. The number of nitrogens with one attached hydrogen (secondary N) is 1. The summed E-state index contributed by atoms with van der Waals surface area (Å²) in [7, 11) is 1.61. The van der Waals surface area contributed by atoms with Crippen molar-refractivity contribution in [3.8, 4) is 17.0 Å². The molecule has 0 radical (unpaired) electrons. The van der Waals surface area contributed by atoms with Crippen molar-refractivity contribution in [2.24, 2.45) is 0 Å². The lowest BCUT2D eigenvalue weighted by molar-refractivity contribution is 0.120. The van der Waals surface area contributed by atoms with Crippen molar-refractivity contribution in [3.63, 3.8) is 0 Å². The summed E-state index contributed by atoms with van der Waals surface area (Å²) in [6, 6.07) is 7.42. The van der Waals surface area contributed by atoms with E-state index >= 15 is 0 Å². The molecule has 7 heteroatoms. The number of hydrogen-bond acceptors (Lipinski definition) is 6. The second-order valence-electron chi connectivity index (χ2n) is 6.18. The molecule has 1 unspecified atom stereocenters. The molecule has 4 rings (SSSR count). The van der Waals surface area contributed by atoms with Gasteiger partial charge in [-0.2, -0.15) is 0 Å². The molecule has 0 aliphatic carbocycles. The first-order valence-corrected chi connectivity index (χ1v) is 8.94. The van der Waals surface area contributed by atoms with Crippen molar-refractivity contribution in [1.29, 1.82) is 0 Å². The number of anilines is 1. The summed E-state index contributed by atoms with van der Waals surface area (Å²) in [5.41, 5.74) is 1.57. The third-order valence-electron chi connectivity index (χ3n) is 4.52. The number of ether oxygens (including phenoxy) is 2. The highest BCUT2D eigenvalue weighted by molar-refractivity contribution is 6.30. The number of halogens is 1. The van der Waals surface area contributed by atoms with Gasteiger partial charge in [-0.3, -0.25) is 4.98 Å². The van der Waals surface area contributed by atoms with Crippen molar-refractivity contribution < 1.29 is 9.47 Å². The number of nitrogens with zero attached hydrogens (tertiary/aromatic N) is 3. The standard InChI is InChI=1S/C19H19ClN4O2/c1-25-17-9-12(20)4-5-15(17)18-14-6-7-21-11-16(14)19(24-23-18)22-10-13-3-2-8-26-13/h4-7,9,11,13H,2-3,8,10H2,1H3,(H,22,24). The maximum atomic E-state index is 6.08. The van der Waals surface area contributed by atoms with Crippen LogP contribution in [-0.2, 0) is 4.74 Å². The molecule has 6 nitrogen and oxygen atoms in total. The predicted octanol–water partition coefficient (Wildman–Crippen LogP) is 3.94. The van der Waals surface area contributed by atoms with Gasteiger partial charge >= 0.3 is 0 Å². The van der Waals surface area contributed by atoms with Crippen LogP contribution in [-0.4, -0.2) is 41.5 Å². The molecule has 1 atom stereocenters. The van der Waals surface area contributed by atoms with E-state index in [-0.39, 0.29) is 6.10 Å². The van der Waals surface area contributed by atoms with E-state index in [1.165, 1.54) is 0 Å². The molecule has 2 aromatic heterocycles. The fourth-order valence-electron chi connectivity index (χ4n) is 3.20. The number of methoxy groups -OCH3 is 1. The fraction of sp³-hybridized carbons (Fsp3) is 0.316. The smallest absolute Gasteiger partial charge is 0.158 e. The third-order valence-corrected chi connectivity index (χ3v) is 4.76. The van der Waals surface area contributed by atoms with Crippen molar-refractivity contribution in [2.75, 3.05) is 25.6 Å². The Bertz CT molecular complexity index is 929. The maximum absolute atomic E-state index is 6.08. The lowest BCUT2D eigenvalue weighted by Gasteiger charge is -2.14. The van der Waals surface area contributed by atoms with E-state index in [0.717, 1.165) is 41.5 Å². The molecule has 0 spiro atoms. The summed E-state index contributed by atoms with van der Waals surface area (Å²) in [5.74, 6) is 1.37. The van der Waals surface area contributed by atoms with Crippen LogP contribution in [0.4, 0.5) is 5.82 Å². The molecule has 3 heterocycles. The average molecular weight is 371 g/mol. The highest BCUT2D eigenvalue weighted by Crippen LogP contribution is 2.36. The molecule has 1 N–H and O–H groups in total. The van der Waals surface area contributed by atoms with Crippen LogP contribution in [0.1, 0.15) is 12.8 Å². The van der Waals surface area contributed by atoms with Crippen molar-refractivity contribution >= 4 is 28.2 Å². The first-order valence-electron chi connectivity index (χ1n) is 8.56. The number of rotatable bonds is 5. The van der Waals surface area contributed by atoms with Crippen molar-refractivity contribution in [2.45, 2.75) is 18.9 Å². The molecule has 0 bridgehead atoms. The molecular weight excluding hydrogens is 352 g/mol. The van der Waals surface area contributed by atoms with Crippen LogP contribution in [0.2, 0.25) is 5.02 Å². The number of pyridine rings is 1. The Hall–Kier alpha value is -2.44. The molecule has 1 aliphatic rings.